The average Bonchev–Trinajstić information content (AvgIpc) is 2.72. The van der Waals surface area contributed by atoms with Gasteiger partial charge in [-0.25, -0.2) is 0 Å². The molecule has 3 rings (SSSR count). The lowest BCUT2D eigenvalue weighted by Gasteiger charge is -2.25. The third-order valence-corrected chi connectivity index (χ3v) is 4.69. The minimum absolute atomic E-state index is 0.137. The normalized spacial score (nSPS) is 13.5. The van der Waals surface area contributed by atoms with Crippen molar-refractivity contribution in [2.45, 2.75) is 39.8 Å². The van der Waals surface area contributed by atoms with E-state index >= 15 is 0 Å². The lowest BCUT2D eigenvalue weighted by molar-refractivity contribution is -0.137. The average molecular weight is 293 g/mol. The molecule has 0 atom stereocenters. The van der Waals surface area contributed by atoms with Gasteiger partial charge in [-0.1, -0.05) is 62.4 Å². The van der Waals surface area contributed by atoms with Gasteiger partial charge < -0.3 is 4.90 Å². The molecule has 1 heterocycles. The lowest BCUT2D eigenvalue weighted by atomic mass is 9.97. The number of carbonyl (C=O) groups is 1. The molecular weight excluding hydrogens is 270 g/mol. The predicted octanol–water partition coefficient (Wildman–Crippen LogP) is 4.63. The molecule has 0 bridgehead atoms. The highest BCUT2D eigenvalue weighted by Crippen LogP contribution is 2.33. The zero-order chi connectivity index (χ0) is 15.5. The van der Waals surface area contributed by atoms with E-state index in [1.807, 2.05) is 4.90 Å². The first-order valence-corrected chi connectivity index (χ1v) is 8.19. The van der Waals surface area contributed by atoms with Crippen LogP contribution in [0.3, 0.4) is 0 Å². The Balaban J connectivity index is 2.04. The van der Waals surface area contributed by atoms with Crippen LogP contribution < -0.4 is 0 Å². The SMILES string of the molecule is CCC(CC)C(=O)N1Cc2ccccc2-c2ccccc2C1. The monoisotopic (exact) mass is 293 g/mol. The minimum Gasteiger partial charge on any atom is -0.334 e. The summed E-state index contributed by atoms with van der Waals surface area (Å²) in [5.41, 5.74) is 5.01. The number of fused-ring (bicyclic) bond motifs is 3. The van der Waals surface area contributed by atoms with Gasteiger partial charge in [0.2, 0.25) is 5.91 Å². The van der Waals surface area contributed by atoms with Crippen LogP contribution in [0.4, 0.5) is 0 Å². The number of amides is 1. The van der Waals surface area contributed by atoms with Gasteiger partial charge in [0.1, 0.15) is 0 Å². The molecular formula is C20H23NO. The van der Waals surface area contributed by atoms with Crippen LogP contribution in [-0.4, -0.2) is 10.8 Å². The van der Waals surface area contributed by atoms with E-state index in [2.05, 4.69) is 62.4 Å². The first-order chi connectivity index (χ1) is 10.7. The second-order valence-electron chi connectivity index (χ2n) is 6.02. The summed E-state index contributed by atoms with van der Waals surface area (Å²) in [5.74, 6) is 0.425. The zero-order valence-electron chi connectivity index (χ0n) is 13.4. The van der Waals surface area contributed by atoms with Crippen molar-refractivity contribution in [1.29, 1.82) is 0 Å². The number of hydrogen-bond acceptors (Lipinski definition) is 1. The second-order valence-corrected chi connectivity index (χ2v) is 6.02. The molecule has 0 spiro atoms. The first kappa shape index (κ1) is 14.8. The summed E-state index contributed by atoms with van der Waals surface area (Å²) in [5, 5.41) is 0. The van der Waals surface area contributed by atoms with E-state index in [4.69, 9.17) is 0 Å². The van der Waals surface area contributed by atoms with E-state index in [-0.39, 0.29) is 11.8 Å². The van der Waals surface area contributed by atoms with Gasteiger partial charge in [0.15, 0.2) is 0 Å². The highest BCUT2D eigenvalue weighted by atomic mass is 16.2. The predicted molar refractivity (Wildman–Crippen MR) is 90.2 cm³/mol. The molecule has 0 N–H and O–H groups in total. The van der Waals surface area contributed by atoms with Gasteiger partial charge in [-0.05, 0) is 35.1 Å². The van der Waals surface area contributed by atoms with Crippen LogP contribution in [0, 0.1) is 5.92 Å². The zero-order valence-corrected chi connectivity index (χ0v) is 13.4. The summed E-state index contributed by atoms with van der Waals surface area (Å²) >= 11 is 0. The third kappa shape index (κ3) is 2.66. The quantitative estimate of drug-likeness (QED) is 0.808. The summed E-state index contributed by atoms with van der Waals surface area (Å²) in [6.45, 7) is 5.62. The topological polar surface area (TPSA) is 20.3 Å². The fourth-order valence-corrected chi connectivity index (χ4v) is 3.36. The number of hydrogen-bond donors (Lipinski definition) is 0. The van der Waals surface area contributed by atoms with Crippen molar-refractivity contribution >= 4 is 5.91 Å². The molecule has 2 nitrogen and oxygen atoms in total. The number of rotatable bonds is 3. The molecule has 0 saturated heterocycles. The summed E-state index contributed by atoms with van der Waals surface area (Å²) in [4.78, 5) is 14.9. The highest BCUT2D eigenvalue weighted by Gasteiger charge is 2.26. The maximum Gasteiger partial charge on any atom is 0.226 e. The van der Waals surface area contributed by atoms with E-state index in [1.165, 1.54) is 22.3 Å². The van der Waals surface area contributed by atoms with E-state index in [0.717, 1.165) is 12.8 Å². The van der Waals surface area contributed by atoms with Crippen molar-refractivity contribution < 1.29 is 4.79 Å². The maximum absolute atomic E-state index is 12.9. The Morgan fingerprint density at radius 3 is 1.82 bits per heavy atom. The molecule has 0 saturated carbocycles. The van der Waals surface area contributed by atoms with Crippen molar-refractivity contribution in [3.05, 3.63) is 59.7 Å². The van der Waals surface area contributed by atoms with Crippen molar-refractivity contribution in [1.82, 2.24) is 4.90 Å². The molecule has 0 aromatic heterocycles. The largest absolute Gasteiger partial charge is 0.334 e. The Bertz CT molecular complexity index is 625. The second kappa shape index (κ2) is 6.35. The molecule has 2 aromatic rings. The molecule has 1 aliphatic heterocycles. The Morgan fingerprint density at radius 1 is 0.909 bits per heavy atom. The van der Waals surface area contributed by atoms with Crippen LogP contribution >= 0.6 is 0 Å². The molecule has 0 radical (unpaired) electrons. The molecule has 114 valence electrons. The lowest BCUT2D eigenvalue weighted by Crippen LogP contribution is -2.34. The van der Waals surface area contributed by atoms with E-state index in [1.54, 1.807) is 0 Å². The molecule has 2 aromatic carbocycles. The summed E-state index contributed by atoms with van der Waals surface area (Å²) in [7, 11) is 0. The fourth-order valence-electron chi connectivity index (χ4n) is 3.36. The van der Waals surface area contributed by atoms with E-state index in [9.17, 15) is 4.79 Å². The Labute approximate surface area is 132 Å². The summed E-state index contributed by atoms with van der Waals surface area (Å²) in [6, 6.07) is 16.9. The molecule has 0 fully saturated rings. The van der Waals surface area contributed by atoms with Gasteiger partial charge in [-0.15, -0.1) is 0 Å². The smallest absolute Gasteiger partial charge is 0.226 e. The van der Waals surface area contributed by atoms with Crippen LogP contribution in [0.15, 0.2) is 48.5 Å². The van der Waals surface area contributed by atoms with Gasteiger partial charge in [0.25, 0.3) is 0 Å². The van der Waals surface area contributed by atoms with E-state index < -0.39 is 0 Å². The van der Waals surface area contributed by atoms with Crippen LogP contribution in [0.2, 0.25) is 0 Å². The van der Waals surface area contributed by atoms with E-state index in [0.29, 0.717) is 13.1 Å². The van der Waals surface area contributed by atoms with Crippen molar-refractivity contribution in [3.63, 3.8) is 0 Å². The number of benzene rings is 2. The third-order valence-electron chi connectivity index (χ3n) is 4.69. The van der Waals surface area contributed by atoms with Crippen molar-refractivity contribution in [2.75, 3.05) is 0 Å². The summed E-state index contributed by atoms with van der Waals surface area (Å²) < 4.78 is 0. The van der Waals surface area contributed by atoms with Gasteiger partial charge in [-0.2, -0.15) is 0 Å². The molecule has 22 heavy (non-hydrogen) atoms. The van der Waals surface area contributed by atoms with Gasteiger partial charge in [-0.3, -0.25) is 4.79 Å². The van der Waals surface area contributed by atoms with Crippen LogP contribution in [-0.2, 0) is 17.9 Å². The van der Waals surface area contributed by atoms with Gasteiger partial charge >= 0.3 is 0 Å². The van der Waals surface area contributed by atoms with Crippen LogP contribution in [0.25, 0.3) is 11.1 Å². The Hall–Kier alpha value is -2.09. The molecule has 2 heteroatoms. The fraction of sp³-hybridized carbons (Fsp3) is 0.350. The van der Waals surface area contributed by atoms with Gasteiger partial charge in [0.05, 0.1) is 0 Å². The summed E-state index contributed by atoms with van der Waals surface area (Å²) in [6.07, 6.45) is 1.82. The first-order valence-electron chi connectivity index (χ1n) is 8.19. The maximum atomic E-state index is 12.9. The van der Waals surface area contributed by atoms with Crippen LogP contribution in [0.5, 0.6) is 0 Å². The number of nitrogens with zero attached hydrogens (tertiary/aromatic N) is 1. The molecule has 1 amide bonds. The van der Waals surface area contributed by atoms with Crippen molar-refractivity contribution in [3.8, 4) is 11.1 Å². The molecule has 0 aliphatic carbocycles. The highest BCUT2D eigenvalue weighted by molar-refractivity contribution is 5.81. The number of carbonyl (C=O) groups excluding carboxylic acids is 1. The molecule has 1 aliphatic rings. The van der Waals surface area contributed by atoms with Crippen LogP contribution in [0.1, 0.15) is 37.8 Å². The minimum atomic E-state index is 0.137. The van der Waals surface area contributed by atoms with Crippen molar-refractivity contribution in [2.24, 2.45) is 5.92 Å². The van der Waals surface area contributed by atoms with Gasteiger partial charge in [0, 0.05) is 19.0 Å². The molecule has 0 unspecified atom stereocenters. The Morgan fingerprint density at radius 2 is 1.36 bits per heavy atom. The standard InChI is InChI=1S/C20H23NO/c1-3-15(4-2)20(22)21-13-16-9-5-7-11-18(16)19-12-8-6-10-17(19)14-21/h5-12,15H,3-4,13-14H2,1-2H3. The Kier molecular flexibility index (Phi) is 4.28.